The summed E-state index contributed by atoms with van der Waals surface area (Å²) in [7, 11) is 1.27. The lowest BCUT2D eigenvalue weighted by Gasteiger charge is -2.17. The molecule has 0 saturated carbocycles. The summed E-state index contributed by atoms with van der Waals surface area (Å²) in [5.41, 5.74) is 0.181. The van der Waals surface area contributed by atoms with E-state index in [1.165, 1.54) is 18.1 Å². The van der Waals surface area contributed by atoms with E-state index in [1.54, 1.807) is 12.1 Å². The molecule has 0 radical (unpaired) electrons. The Balaban J connectivity index is 2.27. The van der Waals surface area contributed by atoms with Crippen LogP contribution in [0.3, 0.4) is 0 Å². The quantitative estimate of drug-likeness (QED) is 0.785. The standard InChI is InChI=1S/C12H11BrFNO3/c1-18-12(17)7-5-10(16)15(6-7)9-4-2-3-8(13)11(9)14/h2-4,7H,5-6H2,1H3. The molecule has 18 heavy (non-hydrogen) atoms. The molecule has 0 aromatic heterocycles. The van der Waals surface area contributed by atoms with E-state index in [2.05, 4.69) is 20.7 Å². The number of carbonyl (C=O) groups is 2. The predicted molar refractivity (Wildman–Crippen MR) is 66.6 cm³/mol. The molecule has 1 aromatic carbocycles. The third kappa shape index (κ3) is 2.25. The molecule has 4 nitrogen and oxygen atoms in total. The van der Waals surface area contributed by atoms with Gasteiger partial charge in [-0.3, -0.25) is 9.59 Å². The number of anilines is 1. The summed E-state index contributed by atoms with van der Waals surface area (Å²) in [6.45, 7) is 0.152. The zero-order chi connectivity index (χ0) is 13.3. The Morgan fingerprint density at radius 1 is 1.56 bits per heavy atom. The van der Waals surface area contributed by atoms with Crippen LogP contribution in [0.4, 0.5) is 10.1 Å². The fraction of sp³-hybridized carbons (Fsp3) is 0.333. The SMILES string of the molecule is COC(=O)C1CC(=O)N(c2cccc(Br)c2F)C1. The number of halogens is 2. The van der Waals surface area contributed by atoms with Crippen LogP contribution in [0, 0.1) is 11.7 Å². The largest absolute Gasteiger partial charge is 0.469 e. The highest BCUT2D eigenvalue weighted by molar-refractivity contribution is 9.10. The molecule has 1 heterocycles. The van der Waals surface area contributed by atoms with Crippen molar-refractivity contribution >= 4 is 33.5 Å². The highest BCUT2D eigenvalue weighted by Crippen LogP contribution is 2.31. The number of benzene rings is 1. The van der Waals surface area contributed by atoms with E-state index in [4.69, 9.17) is 0 Å². The van der Waals surface area contributed by atoms with Gasteiger partial charge in [0, 0.05) is 13.0 Å². The number of hydrogen-bond donors (Lipinski definition) is 0. The molecule has 0 N–H and O–H groups in total. The zero-order valence-corrected chi connectivity index (χ0v) is 11.2. The first-order valence-electron chi connectivity index (χ1n) is 5.36. The van der Waals surface area contributed by atoms with Gasteiger partial charge in [0.05, 0.1) is 23.2 Å². The van der Waals surface area contributed by atoms with Crippen LogP contribution >= 0.6 is 15.9 Å². The number of hydrogen-bond acceptors (Lipinski definition) is 3. The molecule has 1 unspecified atom stereocenters. The summed E-state index contributed by atoms with van der Waals surface area (Å²) in [5, 5.41) is 0. The third-order valence-electron chi connectivity index (χ3n) is 2.88. The van der Waals surface area contributed by atoms with E-state index in [9.17, 15) is 14.0 Å². The molecule has 1 amide bonds. The molecule has 1 saturated heterocycles. The highest BCUT2D eigenvalue weighted by Gasteiger charge is 2.36. The first-order valence-corrected chi connectivity index (χ1v) is 6.16. The average Bonchev–Trinajstić information content (AvgIpc) is 2.74. The maximum atomic E-state index is 13.9. The molecule has 1 aliphatic heterocycles. The molecule has 96 valence electrons. The van der Waals surface area contributed by atoms with E-state index < -0.39 is 17.7 Å². The number of carbonyl (C=O) groups excluding carboxylic acids is 2. The van der Waals surface area contributed by atoms with Crippen LogP contribution in [0.25, 0.3) is 0 Å². The maximum absolute atomic E-state index is 13.9. The van der Waals surface area contributed by atoms with Crippen LogP contribution in [0.5, 0.6) is 0 Å². The van der Waals surface area contributed by atoms with Crippen molar-refractivity contribution in [2.24, 2.45) is 5.92 Å². The second-order valence-corrected chi connectivity index (χ2v) is 4.86. The van der Waals surface area contributed by atoms with Crippen molar-refractivity contribution in [2.75, 3.05) is 18.6 Å². The van der Waals surface area contributed by atoms with Crippen LogP contribution in [0.2, 0.25) is 0 Å². The van der Waals surface area contributed by atoms with Crippen molar-refractivity contribution in [3.8, 4) is 0 Å². The van der Waals surface area contributed by atoms with Gasteiger partial charge in [0.1, 0.15) is 0 Å². The van der Waals surface area contributed by atoms with Crippen molar-refractivity contribution in [2.45, 2.75) is 6.42 Å². The average molecular weight is 316 g/mol. The van der Waals surface area contributed by atoms with Crippen LogP contribution in [-0.4, -0.2) is 25.5 Å². The zero-order valence-electron chi connectivity index (χ0n) is 9.65. The van der Waals surface area contributed by atoms with Crippen molar-refractivity contribution in [3.63, 3.8) is 0 Å². The molecule has 1 fully saturated rings. The Hall–Kier alpha value is -1.43. The van der Waals surface area contributed by atoms with Crippen LogP contribution in [0.15, 0.2) is 22.7 Å². The molecule has 0 aliphatic carbocycles. The molecule has 6 heteroatoms. The molecular formula is C12H11BrFNO3. The van der Waals surface area contributed by atoms with E-state index in [-0.39, 0.29) is 29.0 Å². The highest BCUT2D eigenvalue weighted by atomic mass is 79.9. The molecule has 1 atom stereocenters. The van der Waals surface area contributed by atoms with E-state index in [0.717, 1.165) is 0 Å². The van der Waals surface area contributed by atoms with E-state index >= 15 is 0 Å². The number of ether oxygens (including phenoxy) is 1. The van der Waals surface area contributed by atoms with E-state index in [1.807, 2.05) is 0 Å². The van der Waals surface area contributed by atoms with Gasteiger partial charge in [-0.05, 0) is 28.1 Å². The molecule has 1 aliphatic rings. The summed E-state index contributed by atoms with van der Waals surface area (Å²) >= 11 is 3.07. The maximum Gasteiger partial charge on any atom is 0.311 e. The van der Waals surface area contributed by atoms with Crippen molar-refractivity contribution in [1.82, 2.24) is 0 Å². The number of nitrogens with zero attached hydrogens (tertiary/aromatic N) is 1. The van der Waals surface area contributed by atoms with Crippen molar-refractivity contribution < 1.29 is 18.7 Å². The number of esters is 1. The van der Waals surface area contributed by atoms with E-state index in [0.29, 0.717) is 0 Å². The second-order valence-electron chi connectivity index (χ2n) is 4.00. The first-order chi connectivity index (χ1) is 8.54. The van der Waals surface area contributed by atoms with Crippen molar-refractivity contribution in [3.05, 3.63) is 28.5 Å². The summed E-state index contributed by atoms with van der Waals surface area (Å²) in [6, 6.07) is 4.70. The summed E-state index contributed by atoms with van der Waals surface area (Å²) in [4.78, 5) is 24.5. The molecule has 0 spiro atoms. The molecule has 1 aromatic rings. The number of methoxy groups -OCH3 is 1. The predicted octanol–water partition coefficient (Wildman–Crippen LogP) is 2.11. The molecule has 2 rings (SSSR count). The third-order valence-corrected chi connectivity index (χ3v) is 3.49. The fourth-order valence-electron chi connectivity index (χ4n) is 1.97. The van der Waals surface area contributed by atoms with Gasteiger partial charge >= 0.3 is 5.97 Å². The Kier molecular flexibility index (Phi) is 3.65. The van der Waals surface area contributed by atoms with Gasteiger partial charge in [-0.25, -0.2) is 4.39 Å². The number of rotatable bonds is 2. The lowest BCUT2D eigenvalue weighted by atomic mass is 10.1. The Morgan fingerprint density at radius 2 is 2.28 bits per heavy atom. The fourth-order valence-corrected chi connectivity index (χ4v) is 2.32. The lowest BCUT2D eigenvalue weighted by molar-refractivity contribution is -0.145. The summed E-state index contributed by atoms with van der Waals surface area (Å²) in [5.74, 6) is -1.75. The van der Waals surface area contributed by atoms with Crippen LogP contribution in [-0.2, 0) is 14.3 Å². The van der Waals surface area contributed by atoms with Gasteiger partial charge < -0.3 is 9.64 Å². The van der Waals surface area contributed by atoms with Gasteiger partial charge in [0.25, 0.3) is 0 Å². The van der Waals surface area contributed by atoms with Gasteiger partial charge in [-0.15, -0.1) is 0 Å². The van der Waals surface area contributed by atoms with Gasteiger partial charge in [0.2, 0.25) is 5.91 Å². The topological polar surface area (TPSA) is 46.6 Å². The minimum atomic E-state index is -0.527. The lowest BCUT2D eigenvalue weighted by Crippen LogP contribution is -2.27. The van der Waals surface area contributed by atoms with Crippen molar-refractivity contribution in [1.29, 1.82) is 0 Å². The summed E-state index contributed by atoms with van der Waals surface area (Å²) in [6.07, 6.45) is 0.0542. The Morgan fingerprint density at radius 3 is 2.94 bits per heavy atom. The minimum Gasteiger partial charge on any atom is -0.469 e. The smallest absolute Gasteiger partial charge is 0.311 e. The summed E-state index contributed by atoms with van der Waals surface area (Å²) < 4.78 is 18.8. The monoisotopic (exact) mass is 315 g/mol. The molecular weight excluding hydrogens is 305 g/mol. The minimum absolute atomic E-state index is 0.0542. The second kappa shape index (κ2) is 5.06. The Bertz CT molecular complexity index is 506. The van der Waals surface area contributed by atoms with Gasteiger partial charge in [-0.1, -0.05) is 6.07 Å². The van der Waals surface area contributed by atoms with Gasteiger partial charge in [0.15, 0.2) is 5.82 Å². The first kappa shape index (κ1) is 13.0. The normalized spacial score (nSPS) is 19.2. The van der Waals surface area contributed by atoms with Crippen LogP contribution in [0.1, 0.15) is 6.42 Å². The number of amides is 1. The Labute approximate surface area is 112 Å². The van der Waals surface area contributed by atoms with Crippen LogP contribution < -0.4 is 4.90 Å². The molecule has 0 bridgehead atoms. The van der Waals surface area contributed by atoms with Gasteiger partial charge in [-0.2, -0.15) is 0 Å².